The van der Waals surface area contributed by atoms with E-state index < -0.39 is 0 Å². The minimum absolute atomic E-state index is 0.0681. The number of anilines is 1. The molecule has 1 N–H and O–H groups in total. The maximum atomic E-state index is 11.7. The summed E-state index contributed by atoms with van der Waals surface area (Å²) in [5.41, 5.74) is 3.71. The number of benzene rings is 1. The number of hydrogen-bond acceptors (Lipinski definition) is 4. The van der Waals surface area contributed by atoms with E-state index in [0.29, 0.717) is 17.8 Å². The average molecular weight is 369 g/mol. The lowest BCUT2D eigenvalue weighted by Gasteiger charge is -2.50. The highest BCUT2D eigenvalue weighted by Crippen LogP contribution is 2.62. The van der Waals surface area contributed by atoms with Crippen molar-refractivity contribution >= 4 is 17.6 Å². The first kappa shape index (κ1) is 17.1. The van der Waals surface area contributed by atoms with Crippen molar-refractivity contribution in [2.45, 2.75) is 64.4 Å². The first-order valence-electron chi connectivity index (χ1n) is 10.2. The molecule has 5 nitrogen and oxygen atoms in total. The first-order chi connectivity index (χ1) is 13.0. The predicted octanol–water partition coefficient (Wildman–Crippen LogP) is 3.81. The zero-order chi connectivity index (χ0) is 18.8. The number of ether oxygens (including phenoxy) is 2. The number of carbonyl (C=O) groups is 2. The Morgan fingerprint density at radius 1 is 1.26 bits per heavy atom. The van der Waals surface area contributed by atoms with Gasteiger partial charge in [-0.15, -0.1) is 0 Å². The van der Waals surface area contributed by atoms with Crippen LogP contribution in [0.5, 0.6) is 5.75 Å². The van der Waals surface area contributed by atoms with Crippen molar-refractivity contribution in [3.8, 4) is 5.75 Å². The molecule has 3 aliphatic carbocycles. The maximum absolute atomic E-state index is 11.7. The Hall–Kier alpha value is -2.04. The van der Waals surface area contributed by atoms with E-state index in [0.717, 1.165) is 43.5 Å². The van der Waals surface area contributed by atoms with E-state index in [1.54, 1.807) is 0 Å². The van der Waals surface area contributed by atoms with Gasteiger partial charge in [-0.2, -0.15) is 0 Å². The molecule has 1 amide bonds. The van der Waals surface area contributed by atoms with Gasteiger partial charge in [-0.25, -0.2) is 0 Å². The second-order valence-electron chi connectivity index (χ2n) is 9.02. The van der Waals surface area contributed by atoms with Crippen LogP contribution in [0.1, 0.15) is 63.0 Å². The van der Waals surface area contributed by atoms with Gasteiger partial charge in [-0.1, -0.05) is 6.92 Å². The third kappa shape index (κ3) is 2.58. The number of aryl methyl sites for hydroxylation is 1. The molecule has 2 saturated carbocycles. The smallest absolute Gasteiger partial charge is 0.302 e. The highest BCUT2D eigenvalue weighted by molar-refractivity contribution is 5.95. The zero-order valence-electron chi connectivity index (χ0n) is 16.0. The summed E-state index contributed by atoms with van der Waals surface area (Å²) in [5, 5.41) is 2.97. The van der Waals surface area contributed by atoms with Gasteiger partial charge < -0.3 is 14.8 Å². The largest absolute Gasteiger partial charge is 0.482 e. The van der Waals surface area contributed by atoms with E-state index in [1.807, 2.05) is 0 Å². The predicted molar refractivity (Wildman–Crippen MR) is 101 cm³/mol. The Labute approximate surface area is 159 Å². The normalized spacial score (nSPS) is 36.4. The summed E-state index contributed by atoms with van der Waals surface area (Å²) in [5.74, 6) is 2.35. The summed E-state index contributed by atoms with van der Waals surface area (Å²) in [6.07, 6.45) is 6.67. The van der Waals surface area contributed by atoms with Crippen molar-refractivity contribution in [1.82, 2.24) is 0 Å². The quantitative estimate of drug-likeness (QED) is 0.765. The minimum atomic E-state index is -0.152. The Kier molecular flexibility index (Phi) is 3.78. The number of amides is 1. The number of nitrogens with one attached hydrogen (secondary N) is 1. The van der Waals surface area contributed by atoms with Crippen molar-refractivity contribution in [2.75, 3.05) is 11.9 Å². The van der Waals surface area contributed by atoms with Crippen LogP contribution < -0.4 is 10.1 Å². The van der Waals surface area contributed by atoms with Crippen molar-refractivity contribution in [3.05, 3.63) is 23.3 Å². The van der Waals surface area contributed by atoms with E-state index in [4.69, 9.17) is 9.47 Å². The monoisotopic (exact) mass is 369 g/mol. The van der Waals surface area contributed by atoms with Gasteiger partial charge in [0, 0.05) is 12.3 Å². The second kappa shape index (κ2) is 5.98. The van der Waals surface area contributed by atoms with Crippen LogP contribution in [0.25, 0.3) is 0 Å². The van der Waals surface area contributed by atoms with Crippen molar-refractivity contribution < 1.29 is 19.1 Å². The van der Waals surface area contributed by atoms with Gasteiger partial charge in [0.1, 0.15) is 11.9 Å². The number of rotatable bonds is 1. The highest BCUT2D eigenvalue weighted by atomic mass is 16.5. The Balaban J connectivity index is 1.46. The van der Waals surface area contributed by atoms with Crippen LogP contribution in [0, 0.1) is 17.3 Å². The molecular weight excluding hydrogens is 342 g/mol. The highest BCUT2D eigenvalue weighted by Gasteiger charge is 2.56. The molecule has 1 aromatic rings. The summed E-state index contributed by atoms with van der Waals surface area (Å²) >= 11 is 0. The van der Waals surface area contributed by atoms with Gasteiger partial charge in [-0.3, -0.25) is 9.59 Å². The fraction of sp³-hybridized carbons (Fsp3) is 0.636. The molecule has 5 heteroatoms. The molecule has 0 saturated heterocycles. The molecule has 4 aliphatic rings. The summed E-state index contributed by atoms with van der Waals surface area (Å²) in [6.45, 7) is 3.97. The topological polar surface area (TPSA) is 64.6 Å². The zero-order valence-corrected chi connectivity index (χ0v) is 16.0. The molecular formula is C22H27NO4. The number of fused-ring (bicyclic) bond motifs is 6. The second-order valence-corrected chi connectivity index (χ2v) is 9.02. The molecule has 2 fully saturated rings. The fourth-order valence-corrected chi connectivity index (χ4v) is 6.49. The molecule has 27 heavy (non-hydrogen) atoms. The van der Waals surface area contributed by atoms with Gasteiger partial charge in [-0.05, 0) is 79.5 Å². The number of esters is 1. The maximum Gasteiger partial charge on any atom is 0.302 e. The van der Waals surface area contributed by atoms with Crippen LogP contribution in [-0.2, 0) is 20.7 Å². The minimum Gasteiger partial charge on any atom is -0.482 e. The molecule has 1 heterocycles. The van der Waals surface area contributed by atoms with Gasteiger partial charge in [0.2, 0.25) is 0 Å². The first-order valence-corrected chi connectivity index (χ1v) is 10.2. The lowest BCUT2D eigenvalue weighted by Crippen LogP contribution is -2.45. The van der Waals surface area contributed by atoms with Crippen LogP contribution >= 0.6 is 0 Å². The lowest BCUT2D eigenvalue weighted by molar-refractivity contribution is -0.154. The van der Waals surface area contributed by atoms with Crippen LogP contribution in [0.15, 0.2) is 12.1 Å². The van der Waals surface area contributed by atoms with Crippen LogP contribution in [0.2, 0.25) is 0 Å². The van der Waals surface area contributed by atoms with Crippen molar-refractivity contribution in [1.29, 1.82) is 0 Å². The molecule has 0 unspecified atom stereocenters. The summed E-state index contributed by atoms with van der Waals surface area (Å²) in [6, 6.07) is 4.31. The Bertz CT molecular complexity index is 819. The molecule has 0 bridgehead atoms. The summed E-state index contributed by atoms with van der Waals surface area (Å²) < 4.78 is 11.3. The molecule has 0 aromatic heterocycles. The standard InChI is InChI=1S/C22H27NO4/c1-12(24)27-20-6-5-17-15-4-3-13-9-19-18(23-21(25)11-26-19)10-16(13)14(15)7-8-22(17,20)2/h9-10,14-15,17,20H,3-8,11H2,1-2H3,(H,23,25)/t14-,15+,17-,20-,22-/m0/s1. The van der Waals surface area contributed by atoms with Gasteiger partial charge in [0.25, 0.3) is 5.91 Å². The summed E-state index contributed by atoms with van der Waals surface area (Å²) in [7, 11) is 0. The van der Waals surface area contributed by atoms with E-state index >= 15 is 0 Å². The van der Waals surface area contributed by atoms with Gasteiger partial charge in [0.05, 0.1) is 5.69 Å². The Morgan fingerprint density at radius 3 is 2.93 bits per heavy atom. The molecule has 5 rings (SSSR count). The van der Waals surface area contributed by atoms with E-state index in [1.165, 1.54) is 24.5 Å². The average Bonchev–Trinajstić information content (AvgIpc) is 2.96. The number of carbonyl (C=O) groups excluding carboxylic acids is 2. The SMILES string of the molecule is CC(=O)O[C@H]1CC[C@H]2[C@@H]3CCc4cc5c(cc4[C@H]3CC[C@]12C)NC(=O)CO5. The van der Waals surface area contributed by atoms with E-state index in [9.17, 15) is 9.59 Å². The van der Waals surface area contributed by atoms with Crippen LogP contribution in [-0.4, -0.2) is 24.6 Å². The Morgan fingerprint density at radius 2 is 2.11 bits per heavy atom. The molecule has 0 radical (unpaired) electrons. The van der Waals surface area contributed by atoms with Crippen molar-refractivity contribution in [2.24, 2.45) is 17.3 Å². The van der Waals surface area contributed by atoms with Crippen LogP contribution in [0.3, 0.4) is 0 Å². The lowest BCUT2D eigenvalue weighted by atomic mass is 9.55. The molecule has 0 spiro atoms. The van der Waals surface area contributed by atoms with E-state index in [2.05, 4.69) is 24.4 Å². The van der Waals surface area contributed by atoms with Crippen LogP contribution in [0.4, 0.5) is 5.69 Å². The van der Waals surface area contributed by atoms with Gasteiger partial charge >= 0.3 is 5.97 Å². The van der Waals surface area contributed by atoms with E-state index in [-0.39, 0.29) is 30.0 Å². The number of hydrogen-bond donors (Lipinski definition) is 1. The third-order valence-electron chi connectivity index (χ3n) is 7.68. The van der Waals surface area contributed by atoms with Gasteiger partial charge in [0.15, 0.2) is 6.61 Å². The molecule has 144 valence electrons. The third-order valence-corrected chi connectivity index (χ3v) is 7.68. The van der Waals surface area contributed by atoms with Crippen molar-refractivity contribution in [3.63, 3.8) is 0 Å². The fourth-order valence-electron chi connectivity index (χ4n) is 6.49. The molecule has 5 atom stereocenters. The molecule has 1 aliphatic heterocycles. The molecule has 1 aromatic carbocycles. The summed E-state index contributed by atoms with van der Waals surface area (Å²) in [4.78, 5) is 23.3.